The molecule has 2 rings (SSSR count). The molecule has 10 heteroatoms. The van der Waals surface area contributed by atoms with E-state index in [9.17, 15) is 13.2 Å². The zero-order chi connectivity index (χ0) is 15.9. The van der Waals surface area contributed by atoms with Crippen LogP contribution in [0.3, 0.4) is 0 Å². The van der Waals surface area contributed by atoms with E-state index < -0.39 is 12.1 Å². The fraction of sp³-hybridized carbons (Fsp3) is 0.636. The molecule has 21 heavy (non-hydrogen) atoms. The Morgan fingerprint density at radius 2 is 2.24 bits per heavy atom. The maximum Gasteiger partial charge on any atom is 0.490 e. The maximum atomic E-state index is 10.6. The zero-order valence-electron chi connectivity index (χ0n) is 11.2. The number of carbonyl (C=O) groups is 1. The van der Waals surface area contributed by atoms with Crippen LogP contribution in [0.25, 0.3) is 0 Å². The molecule has 1 atom stereocenters. The molecule has 0 saturated carbocycles. The average Bonchev–Trinajstić information content (AvgIpc) is 2.88. The Bertz CT molecular complexity index is 487. The minimum atomic E-state index is -5.08. The van der Waals surface area contributed by atoms with E-state index >= 15 is 0 Å². The van der Waals surface area contributed by atoms with Crippen LogP contribution in [0.1, 0.15) is 31.0 Å². The first-order valence-corrected chi connectivity index (χ1v) is 6.18. The van der Waals surface area contributed by atoms with Crippen molar-refractivity contribution < 1.29 is 27.6 Å². The third-order valence-corrected chi connectivity index (χ3v) is 2.42. The third-order valence-electron chi connectivity index (χ3n) is 2.42. The highest BCUT2D eigenvalue weighted by Crippen LogP contribution is 2.15. The summed E-state index contributed by atoms with van der Waals surface area (Å²) in [5.41, 5.74) is 0. The highest BCUT2D eigenvalue weighted by molar-refractivity contribution is 5.73. The van der Waals surface area contributed by atoms with Crippen molar-refractivity contribution in [3.8, 4) is 0 Å². The molecule has 118 valence electrons. The first-order chi connectivity index (χ1) is 9.84. The van der Waals surface area contributed by atoms with E-state index in [1.807, 2.05) is 0 Å². The number of hydrogen-bond acceptors (Lipinski definition) is 6. The molecule has 0 saturated heterocycles. The minimum absolute atomic E-state index is 0.234. The molecule has 1 aliphatic rings. The van der Waals surface area contributed by atoms with Crippen molar-refractivity contribution in [2.45, 2.75) is 31.9 Å². The van der Waals surface area contributed by atoms with Crippen LogP contribution in [-0.4, -0.2) is 46.8 Å². The monoisotopic (exact) mass is 308 g/mol. The number of rotatable bonds is 3. The van der Waals surface area contributed by atoms with Crippen LogP contribution in [0, 0.1) is 0 Å². The summed E-state index contributed by atoms with van der Waals surface area (Å²) in [6, 6.07) is 0. The molecule has 1 unspecified atom stereocenters. The molecular formula is C11H15F3N4O3. The van der Waals surface area contributed by atoms with E-state index in [-0.39, 0.29) is 5.92 Å². The Hall–Kier alpha value is -2.13. The van der Waals surface area contributed by atoms with Crippen molar-refractivity contribution in [1.82, 2.24) is 15.5 Å². The zero-order valence-corrected chi connectivity index (χ0v) is 11.2. The van der Waals surface area contributed by atoms with Gasteiger partial charge in [0.15, 0.2) is 5.82 Å². The molecule has 1 aromatic heterocycles. The lowest BCUT2D eigenvalue weighted by atomic mass is 10.1. The van der Waals surface area contributed by atoms with Crippen LogP contribution in [0.4, 0.5) is 13.2 Å². The number of aliphatic carboxylic acids is 1. The fourth-order valence-corrected chi connectivity index (χ4v) is 1.43. The van der Waals surface area contributed by atoms with Gasteiger partial charge in [0.2, 0.25) is 5.89 Å². The van der Waals surface area contributed by atoms with Crippen molar-refractivity contribution in [3.05, 3.63) is 11.7 Å². The van der Waals surface area contributed by atoms with Gasteiger partial charge in [-0.15, -0.1) is 0 Å². The van der Waals surface area contributed by atoms with Crippen molar-refractivity contribution in [3.63, 3.8) is 0 Å². The summed E-state index contributed by atoms with van der Waals surface area (Å²) in [7, 11) is 0. The van der Waals surface area contributed by atoms with Crippen molar-refractivity contribution >= 4 is 12.3 Å². The summed E-state index contributed by atoms with van der Waals surface area (Å²) in [5.74, 6) is -1.01. The Kier molecular flexibility index (Phi) is 6.12. The summed E-state index contributed by atoms with van der Waals surface area (Å²) in [6.07, 6.45) is -1.44. The number of aryl methyl sites for hydroxylation is 1. The van der Waals surface area contributed by atoms with Crippen molar-refractivity contribution in [2.75, 3.05) is 13.1 Å². The standard InChI is InChI=1S/C9H14N4O.C2HF3O2/c1-2-3-8-12-9(14-13-8)7-4-10-6-11-5-7;3-2(4,5)1(6)7/h6-7H,2-5H2,1H3,(H,10,11);(H,6,7). The predicted octanol–water partition coefficient (Wildman–Crippen LogP) is 1.37. The summed E-state index contributed by atoms with van der Waals surface area (Å²) >= 11 is 0. The van der Waals surface area contributed by atoms with E-state index in [1.165, 1.54) is 0 Å². The van der Waals surface area contributed by atoms with E-state index in [4.69, 9.17) is 14.4 Å². The van der Waals surface area contributed by atoms with Crippen LogP contribution >= 0.6 is 0 Å². The van der Waals surface area contributed by atoms with Gasteiger partial charge >= 0.3 is 12.1 Å². The Morgan fingerprint density at radius 3 is 2.71 bits per heavy atom. The number of nitrogens with one attached hydrogen (secondary N) is 1. The molecule has 0 spiro atoms. The summed E-state index contributed by atoms with van der Waals surface area (Å²) in [4.78, 5) is 17.4. The number of aliphatic imine (C=N–C) groups is 1. The van der Waals surface area contributed by atoms with Crippen LogP contribution < -0.4 is 5.32 Å². The number of alkyl halides is 3. The second-order valence-corrected chi connectivity index (χ2v) is 4.20. The van der Waals surface area contributed by atoms with Gasteiger partial charge in [-0.2, -0.15) is 18.2 Å². The quantitative estimate of drug-likeness (QED) is 0.874. The molecule has 0 fully saturated rings. The van der Waals surface area contributed by atoms with Gasteiger partial charge in [0.1, 0.15) is 0 Å². The first kappa shape index (κ1) is 16.9. The van der Waals surface area contributed by atoms with Crippen molar-refractivity contribution in [1.29, 1.82) is 0 Å². The number of carboxylic acid groups (broad SMARTS) is 1. The van der Waals surface area contributed by atoms with Gasteiger partial charge < -0.3 is 14.9 Å². The lowest BCUT2D eigenvalue weighted by molar-refractivity contribution is -0.192. The Morgan fingerprint density at radius 1 is 1.57 bits per heavy atom. The second-order valence-electron chi connectivity index (χ2n) is 4.20. The largest absolute Gasteiger partial charge is 0.490 e. The van der Waals surface area contributed by atoms with Crippen LogP contribution in [-0.2, 0) is 11.2 Å². The van der Waals surface area contributed by atoms with Gasteiger partial charge in [-0.25, -0.2) is 4.79 Å². The van der Waals surface area contributed by atoms with Gasteiger partial charge in [0.25, 0.3) is 0 Å². The maximum absolute atomic E-state index is 10.6. The van der Waals surface area contributed by atoms with Crippen LogP contribution in [0.15, 0.2) is 9.52 Å². The number of carboxylic acids is 1. The molecule has 1 aliphatic heterocycles. The van der Waals surface area contributed by atoms with Crippen molar-refractivity contribution in [2.24, 2.45) is 4.99 Å². The van der Waals surface area contributed by atoms with E-state index in [0.29, 0.717) is 5.89 Å². The third kappa shape index (κ3) is 5.79. The van der Waals surface area contributed by atoms with Crippen LogP contribution in [0.5, 0.6) is 0 Å². The fourth-order valence-electron chi connectivity index (χ4n) is 1.43. The van der Waals surface area contributed by atoms with E-state index in [0.717, 1.165) is 31.8 Å². The summed E-state index contributed by atoms with van der Waals surface area (Å²) in [5, 5.41) is 14.1. The Labute approximate surface area is 118 Å². The molecule has 1 aromatic rings. The number of nitrogens with zero attached hydrogens (tertiary/aromatic N) is 3. The van der Waals surface area contributed by atoms with Gasteiger partial charge in [0, 0.05) is 13.0 Å². The Balaban J connectivity index is 0.000000270. The molecule has 7 nitrogen and oxygen atoms in total. The molecule has 0 aliphatic carbocycles. The molecule has 0 bridgehead atoms. The second kappa shape index (κ2) is 7.60. The van der Waals surface area contributed by atoms with Gasteiger partial charge in [-0.1, -0.05) is 12.1 Å². The van der Waals surface area contributed by atoms with Gasteiger partial charge in [-0.05, 0) is 6.42 Å². The summed E-state index contributed by atoms with van der Waals surface area (Å²) in [6.45, 7) is 3.67. The smallest absolute Gasteiger partial charge is 0.475 e. The molecule has 0 amide bonds. The normalized spacial score (nSPS) is 17.6. The lowest BCUT2D eigenvalue weighted by Crippen LogP contribution is -2.27. The SMILES string of the molecule is CCCc1noc(C2CN=CNC2)n1.O=C(O)C(F)(F)F. The lowest BCUT2D eigenvalue weighted by Gasteiger charge is -2.13. The highest BCUT2D eigenvalue weighted by atomic mass is 19.4. The summed E-state index contributed by atoms with van der Waals surface area (Å²) < 4.78 is 36.9. The molecule has 2 heterocycles. The van der Waals surface area contributed by atoms with Gasteiger partial charge in [-0.3, -0.25) is 4.99 Å². The predicted molar refractivity (Wildman–Crippen MR) is 66.1 cm³/mol. The van der Waals surface area contributed by atoms with Gasteiger partial charge in [0.05, 0.1) is 18.8 Å². The minimum Gasteiger partial charge on any atom is -0.475 e. The topological polar surface area (TPSA) is 101 Å². The average molecular weight is 308 g/mol. The number of halogens is 3. The molecule has 2 N–H and O–H groups in total. The number of hydrogen-bond donors (Lipinski definition) is 2. The van der Waals surface area contributed by atoms with E-state index in [2.05, 4.69) is 27.4 Å². The molecular weight excluding hydrogens is 293 g/mol. The molecule has 0 aromatic carbocycles. The van der Waals surface area contributed by atoms with E-state index in [1.54, 1.807) is 6.34 Å². The number of aromatic nitrogens is 2. The highest BCUT2D eigenvalue weighted by Gasteiger charge is 2.38. The van der Waals surface area contributed by atoms with Crippen LogP contribution in [0.2, 0.25) is 0 Å². The first-order valence-electron chi connectivity index (χ1n) is 6.18. The molecule has 0 radical (unpaired) electrons.